The largest absolute Gasteiger partial charge is 1.00 e. The summed E-state index contributed by atoms with van der Waals surface area (Å²) in [5, 5.41) is 0. The second kappa shape index (κ2) is 15.2. The summed E-state index contributed by atoms with van der Waals surface area (Å²) in [6, 6.07) is 8.40. The van der Waals surface area contributed by atoms with Crippen molar-refractivity contribution in [1.29, 1.82) is 0 Å². The van der Waals surface area contributed by atoms with Gasteiger partial charge in [0.2, 0.25) is 0 Å². The van der Waals surface area contributed by atoms with Crippen LogP contribution in [0.4, 0.5) is 0 Å². The number of benzene rings is 1. The van der Waals surface area contributed by atoms with Crippen LogP contribution in [0.1, 0.15) is 72.6 Å². The molecule has 0 amide bonds. The van der Waals surface area contributed by atoms with E-state index in [9.17, 15) is 8.42 Å². The molecule has 0 heterocycles. The van der Waals surface area contributed by atoms with Crippen LogP contribution in [0.5, 0.6) is 5.75 Å². The maximum Gasteiger partial charge on any atom is 1.00 e. The maximum atomic E-state index is 11.6. The molecule has 134 valence electrons. The fourth-order valence-corrected chi connectivity index (χ4v) is 3.09. The summed E-state index contributed by atoms with van der Waals surface area (Å²) in [6.07, 6.45) is 12.0. The van der Waals surface area contributed by atoms with Gasteiger partial charge in [0.15, 0.2) is 0 Å². The van der Waals surface area contributed by atoms with Crippen LogP contribution >= 0.6 is 0 Å². The average Bonchev–Trinajstić information content (AvgIpc) is 2.53. The van der Waals surface area contributed by atoms with Gasteiger partial charge < -0.3 is 5.61 Å². The fourth-order valence-electron chi connectivity index (χ4n) is 2.37. The minimum absolute atomic E-state index is 0. The molecule has 0 N–H and O–H groups in total. The molecule has 1 aromatic carbocycles. The van der Waals surface area contributed by atoms with E-state index in [2.05, 4.69) is 6.92 Å². The molecule has 0 bridgehead atoms. The van der Waals surface area contributed by atoms with E-state index in [1.807, 2.05) is 0 Å². The van der Waals surface area contributed by atoms with Crippen molar-refractivity contribution in [1.82, 2.24) is 0 Å². The quantitative estimate of drug-likeness (QED) is 0.375. The molecule has 0 unspecified atom stereocenters. The van der Waals surface area contributed by atoms with Crippen LogP contribution in [-0.2, 0) is 14.6 Å². The maximum absolute atomic E-state index is 11.6. The Hall–Kier alpha value is -0.0700. The van der Waals surface area contributed by atoms with E-state index >= 15 is 0 Å². The van der Waals surface area contributed by atoms with Crippen molar-refractivity contribution in [2.75, 3.05) is 6.61 Å². The predicted octanol–water partition coefficient (Wildman–Crippen LogP) is 2.36. The summed E-state index contributed by atoms with van der Waals surface area (Å²) < 4.78 is 32.9. The Kier molecular flexibility index (Phi) is 15.2. The molecule has 0 spiro atoms. The van der Waals surface area contributed by atoms with Gasteiger partial charge in [0.1, 0.15) is 5.75 Å². The van der Waals surface area contributed by atoms with E-state index in [0.717, 1.165) is 19.3 Å². The third-order valence-corrected chi connectivity index (χ3v) is 4.52. The molecular formula is C18H31NaO4S. The first-order chi connectivity index (χ1) is 11.1. The van der Waals surface area contributed by atoms with Crippen molar-refractivity contribution in [3.05, 3.63) is 30.3 Å². The van der Waals surface area contributed by atoms with Crippen LogP contribution in [0.2, 0.25) is 0 Å². The number of hydrogen-bond donors (Lipinski definition) is 0. The second-order valence-electron chi connectivity index (χ2n) is 5.81. The molecule has 0 aliphatic rings. The summed E-state index contributed by atoms with van der Waals surface area (Å²) >= 11 is 0. The van der Waals surface area contributed by atoms with Gasteiger partial charge in [0, 0.05) is 0 Å². The molecule has 0 aliphatic heterocycles. The summed E-state index contributed by atoms with van der Waals surface area (Å²) in [6.45, 7) is 2.42. The predicted molar refractivity (Wildman–Crippen MR) is 94.9 cm³/mol. The van der Waals surface area contributed by atoms with E-state index in [0.29, 0.717) is 0 Å². The van der Waals surface area contributed by atoms with E-state index in [4.69, 9.17) is 8.37 Å². The van der Waals surface area contributed by atoms with Crippen molar-refractivity contribution in [3.8, 4) is 5.75 Å². The molecule has 0 radical (unpaired) electrons. The molecule has 0 aromatic heterocycles. The Morgan fingerprint density at radius 2 is 1.33 bits per heavy atom. The SMILES string of the molecule is CCCCCCCCCCCCOS(=O)(=O)Oc1ccccc1.[H-].[Na+]. The molecule has 0 aliphatic carbocycles. The van der Waals surface area contributed by atoms with E-state index in [-0.39, 0.29) is 43.3 Å². The Bertz CT molecular complexity index is 497. The van der Waals surface area contributed by atoms with Crippen LogP contribution in [0.25, 0.3) is 0 Å². The summed E-state index contributed by atoms with van der Waals surface area (Å²) in [5.41, 5.74) is 0. The Morgan fingerprint density at radius 3 is 1.88 bits per heavy atom. The molecule has 1 aromatic rings. The van der Waals surface area contributed by atoms with E-state index in [1.54, 1.807) is 30.3 Å². The van der Waals surface area contributed by atoms with Crippen molar-refractivity contribution in [2.45, 2.75) is 71.1 Å². The van der Waals surface area contributed by atoms with Crippen LogP contribution in [0.3, 0.4) is 0 Å². The van der Waals surface area contributed by atoms with Crippen LogP contribution in [0.15, 0.2) is 30.3 Å². The number of rotatable bonds is 14. The van der Waals surface area contributed by atoms with Gasteiger partial charge in [0.05, 0.1) is 6.61 Å². The molecule has 0 saturated heterocycles. The standard InChI is InChI=1S/C18H30O4S.Na.H/c1-2-3-4-5-6-7-8-9-10-14-17-21-23(19,20)22-18-15-12-11-13-16-18;;/h11-13,15-16H,2-10,14,17H2,1H3;;/q;+1;-1. The number of unbranched alkanes of at least 4 members (excludes halogenated alkanes) is 9. The molecule has 0 saturated carbocycles. The molecule has 0 atom stereocenters. The molecular weight excluding hydrogens is 335 g/mol. The van der Waals surface area contributed by atoms with Gasteiger partial charge >= 0.3 is 40.0 Å². The topological polar surface area (TPSA) is 52.6 Å². The van der Waals surface area contributed by atoms with Crippen molar-refractivity contribution < 1.29 is 47.8 Å². The van der Waals surface area contributed by atoms with Crippen LogP contribution in [-0.4, -0.2) is 15.0 Å². The number of para-hydroxylation sites is 1. The summed E-state index contributed by atoms with van der Waals surface area (Å²) in [7, 11) is -3.94. The molecule has 1 rings (SSSR count). The molecule has 6 heteroatoms. The third kappa shape index (κ3) is 13.2. The fraction of sp³-hybridized carbons (Fsp3) is 0.667. The normalized spacial score (nSPS) is 11.0. The minimum Gasteiger partial charge on any atom is -1.00 e. The molecule has 4 nitrogen and oxygen atoms in total. The van der Waals surface area contributed by atoms with Crippen molar-refractivity contribution in [2.24, 2.45) is 0 Å². The zero-order chi connectivity index (χ0) is 16.8. The number of hydrogen-bond acceptors (Lipinski definition) is 4. The van der Waals surface area contributed by atoms with E-state index in [1.165, 1.54) is 44.9 Å². The zero-order valence-corrected chi connectivity index (χ0v) is 18.0. The molecule has 24 heavy (non-hydrogen) atoms. The third-order valence-electron chi connectivity index (χ3n) is 3.67. The Labute approximate surface area is 171 Å². The second-order valence-corrected chi connectivity index (χ2v) is 7.03. The zero-order valence-electron chi connectivity index (χ0n) is 16.2. The van der Waals surface area contributed by atoms with Gasteiger partial charge in [-0.05, 0) is 18.6 Å². The summed E-state index contributed by atoms with van der Waals surface area (Å²) in [5.74, 6) is 0.274. The van der Waals surface area contributed by atoms with Gasteiger partial charge in [-0.3, -0.25) is 0 Å². The van der Waals surface area contributed by atoms with Crippen LogP contribution < -0.4 is 33.7 Å². The van der Waals surface area contributed by atoms with Crippen LogP contribution in [0, 0.1) is 0 Å². The molecule has 0 fully saturated rings. The van der Waals surface area contributed by atoms with Crippen molar-refractivity contribution >= 4 is 10.4 Å². The monoisotopic (exact) mass is 366 g/mol. The Morgan fingerprint density at radius 1 is 0.833 bits per heavy atom. The van der Waals surface area contributed by atoms with Crippen molar-refractivity contribution in [3.63, 3.8) is 0 Å². The Balaban J connectivity index is 0. The first-order valence-electron chi connectivity index (χ1n) is 8.78. The minimum atomic E-state index is -3.94. The summed E-state index contributed by atoms with van der Waals surface area (Å²) in [4.78, 5) is 0. The van der Waals surface area contributed by atoms with Gasteiger partial charge in [-0.1, -0.05) is 82.9 Å². The van der Waals surface area contributed by atoms with Gasteiger partial charge in [0.25, 0.3) is 0 Å². The smallest absolute Gasteiger partial charge is 1.00 e. The van der Waals surface area contributed by atoms with Gasteiger partial charge in [-0.15, -0.1) is 0 Å². The van der Waals surface area contributed by atoms with Gasteiger partial charge in [-0.25, -0.2) is 4.18 Å². The first kappa shape index (κ1) is 23.9. The van der Waals surface area contributed by atoms with Gasteiger partial charge in [-0.2, -0.15) is 8.42 Å². The first-order valence-corrected chi connectivity index (χ1v) is 10.1. The average molecular weight is 366 g/mol. The van der Waals surface area contributed by atoms with E-state index < -0.39 is 10.4 Å².